The van der Waals surface area contributed by atoms with E-state index in [0.29, 0.717) is 56.0 Å². The molecule has 216 valence electrons. The van der Waals surface area contributed by atoms with Crippen LogP contribution in [-0.4, -0.2) is 57.9 Å². The summed E-state index contributed by atoms with van der Waals surface area (Å²) in [5.41, 5.74) is 2.87. The smallest absolute Gasteiger partial charge is 0.258 e. The topological polar surface area (TPSA) is 105 Å². The van der Waals surface area contributed by atoms with Crippen molar-refractivity contribution >= 4 is 44.8 Å². The number of halogens is 1. The van der Waals surface area contributed by atoms with Gasteiger partial charge in [-0.05, 0) is 86.3 Å². The number of sulfonamides is 1. The highest BCUT2D eigenvalue weighted by molar-refractivity contribution is 7.89. The van der Waals surface area contributed by atoms with Crippen LogP contribution in [0.1, 0.15) is 35.7 Å². The third-order valence-corrected chi connectivity index (χ3v) is 9.53. The van der Waals surface area contributed by atoms with E-state index in [0.717, 1.165) is 11.3 Å². The SMILES string of the molecule is CCOc1ccc(Cl)cc1S(=O)(=O)N1CCCC(C(=O)Nc2ccc3c(c2)N(C(=O)c2ccc(OC)cc2)CC3)C1. The molecule has 1 saturated heterocycles. The predicted molar refractivity (Wildman–Crippen MR) is 158 cm³/mol. The van der Waals surface area contributed by atoms with Gasteiger partial charge in [0.05, 0.1) is 19.6 Å². The molecule has 0 saturated carbocycles. The van der Waals surface area contributed by atoms with Crippen molar-refractivity contribution in [3.05, 3.63) is 76.8 Å². The lowest BCUT2D eigenvalue weighted by atomic mass is 9.98. The Labute approximate surface area is 245 Å². The van der Waals surface area contributed by atoms with Crippen LogP contribution < -0.4 is 19.7 Å². The maximum absolute atomic E-state index is 13.6. The van der Waals surface area contributed by atoms with Crippen LogP contribution in [-0.2, 0) is 21.2 Å². The first-order valence-electron chi connectivity index (χ1n) is 13.5. The van der Waals surface area contributed by atoms with Gasteiger partial charge < -0.3 is 19.7 Å². The Morgan fingerprint density at radius 2 is 1.83 bits per heavy atom. The molecule has 11 heteroatoms. The van der Waals surface area contributed by atoms with Gasteiger partial charge in [0, 0.05) is 41.6 Å². The van der Waals surface area contributed by atoms with Gasteiger partial charge in [0.25, 0.3) is 5.91 Å². The lowest BCUT2D eigenvalue weighted by molar-refractivity contribution is -0.120. The number of rotatable bonds is 8. The second-order valence-corrected chi connectivity index (χ2v) is 12.3. The third-order valence-electron chi connectivity index (χ3n) is 7.41. The Kier molecular flexibility index (Phi) is 8.53. The minimum Gasteiger partial charge on any atom is -0.497 e. The molecule has 41 heavy (non-hydrogen) atoms. The van der Waals surface area contributed by atoms with E-state index in [1.165, 1.54) is 10.4 Å². The van der Waals surface area contributed by atoms with Gasteiger partial charge in [-0.25, -0.2) is 8.42 Å². The first-order valence-corrected chi connectivity index (χ1v) is 15.3. The molecule has 1 N–H and O–H groups in total. The second kappa shape index (κ2) is 12.1. The second-order valence-electron chi connectivity index (χ2n) is 9.99. The molecule has 0 bridgehead atoms. The fourth-order valence-corrected chi connectivity index (χ4v) is 7.19. The summed E-state index contributed by atoms with van der Waals surface area (Å²) in [6.45, 7) is 2.96. The molecule has 0 spiro atoms. The molecule has 5 rings (SSSR count). The van der Waals surface area contributed by atoms with Crippen molar-refractivity contribution in [3.63, 3.8) is 0 Å². The molecular formula is C30H32ClN3O6S. The highest BCUT2D eigenvalue weighted by atomic mass is 35.5. The van der Waals surface area contributed by atoms with Crippen molar-refractivity contribution in [2.24, 2.45) is 5.92 Å². The van der Waals surface area contributed by atoms with E-state index in [9.17, 15) is 18.0 Å². The van der Waals surface area contributed by atoms with Gasteiger partial charge in [-0.3, -0.25) is 9.59 Å². The average Bonchev–Trinajstić information content (AvgIpc) is 3.41. The summed E-state index contributed by atoms with van der Waals surface area (Å²) in [4.78, 5) is 28.3. The van der Waals surface area contributed by atoms with E-state index >= 15 is 0 Å². The van der Waals surface area contributed by atoms with Crippen molar-refractivity contribution in [1.29, 1.82) is 0 Å². The molecule has 2 aliphatic heterocycles. The van der Waals surface area contributed by atoms with Gasteiger partial charge in [-0.1, -0.05) is 17.7 Å². The molecule has 3 aromatic rings. The van der Waals surface area contributed by atoms with Crippen molar-refractivity contribution in [2.75, 3.05) is 43.6 Å². The van der Waals surface area contributed by atoms with Crippen LogP contribution in [0.2, 0.25) is 5.02 Å². The molecule has 1 fully saturated rings. The standard InChI is InChI=1S/C30H32ClN3O6S/c1-3-40-27-13-9-23(31)17-28(27)41(37,38)33-15-4-5-22(19-33)29(35)32-24-10-6-20-14-16-34(26(20)18-24)30(36)21-7-11-25(39-2)12-8-21/h6-13,17-18,22H,3-5,14-16,19H2,1-2H3,(H,32,35). The Bertz CT molecular complexity index is 1560. The Hall–Kier alpha value is -3.60. The average molecular weight is 598 g/mol. The molecule has 0 radical (unpaired) electrons. The maximum Gasteiger partial charge on any atom is 0.258 e. The maximum atomic E-state index is 13.6. The summed E-state index contributed by atoms with van der Waals surface area (Å²) in [5, 5.41) is 3.23. The largest absolute Gasteiger partial charge is 0.497 e. The molecule has 0 aliphatic carbocycles. The summed E-state index contributed by atoms with van der Waals surface area (Å²) >= 11 is 6.12. The molecule has 0 aromatic heterocycles. The number of ether oxygens (including phenoxy) is 2. The predicted octanol–water partition coefficient (Wildman–Crippen LogP) is 4.99. The molecule has 2 aliphatic rings. The van der Waals surface area contributed by atoms with Crippen LogP contribution in [0, 0.1) is 5.92 Å². The van der Waals surface area contributed by atoms with E-state index in [-0.39, 0.29) is 34.0 Å². The van der Waals surface area contributed by atoms with E-state index in [2.05, 4.69) is 5.32 Å². The number of nitrogens with one attached hydrogen (secondary N) is 1. The van der Waals surface area contributed by atoms with Gasteiger partial charge in [0.15, 0.2) is 0 Å². The zero-order valence-corrected chi connectivity index (χ0v) is 24.5. The Balaban J connectivity index is 1.30. The monoisotopic (exact) mass is 597 g/mol. The van der Waals surface area contributed by atoms with Crippen LogP contribution in [0.15, 0.2) is 65.6 Å². The Morgan fingerprint density at radius 3 is 2.56 bits per heavy atom. The number of nitrogens with zero attached hydrogens (tertiary/aromatic N) is 2. The van der Waals surface area contributed by atoms with Crippen molar-refractivity contribution < 1.29 is 27.5 Å². The minimum atomic E-state index is -3.94. The van der Waals surface area contributed by atoms with Crippen molar-refractivity contribution in [1.82, 2.24) is 4.31 Å². The fourth-order valence-electron chi connectivity index (χ4n) is 5.27. The zero-order chi connectivity index (χ0) is 29.1. The zero-order valence-electron chi connectivity index (χ0n) is 22.9. The Morgan fingerprint density at radius 1 is 1.05 bits per heavy atom. The van der Waals surface area contributed by atoms with E-state index in [1.807, 2.05) is 12.1 Å². The number of piperidine rings is 1. The molecular weight excluding hydrogens is 566 g/mol. The van der Waals surface area contributed by atoms with Crippen LogP contribution in [0.5, 0.6) is 11.5 Å². The summed E-state index contributed by atoms with van der Waals surface area (Å²) in [6.07, 6.45) is 1.81. The van der Waals surface area contributed by atoms with E-state index in [1.54, 1.807) is 61.4 Å². The van der Waals surface area contributed by atoms with Crippen LogP contribution in [0.4, 0.5) is 11.4 Å². The normalized spacial score (nSPS) is 17.1. The summed E-state index contributed by atoms with van der Waals surface area (Å²) in [6, 6.07) is 17.0. The number of hydrogen-bond acceptors (Lipinski definition) is 6. The molecule has 1 unspecified atom stereocenters. The van der Waals surface area contributed by atoms with E-state index < -0.39 is 15.9 Å². The third kappa shape index (κ3) is 6.05. The molecule has 2 heterocycles. The van der Waals surface area contributed by atoms with Crippen LogP contribution in [0.25, 0.3) is 0 Å². The molecule has 1 atom stereocenters. The molecule has 3 aromatic carbocycles. The molecule has 2 amide bonds. The fraction of sp³-hybridized carbons (Fsp3) is 0.333. The lowest BCUT2D eigenvalue weighted by Gasteiger charge is -2.31. The van der Waals surface area contributed by atoms with Crippen molar-refractivity contribution in [2.45, 2.75) is 31.1 Å². The quantitative estimate of drug-likeness (QED) is 0.392. The first-order chi connectivity index (χ1) is 19.7. The van der Waals surface area contributed by atoms with Crippen LogP contribution in [0.3, 0.4) is 0 Å². The molecule has 9 nitrogen and oxygen atoms in total. The van der Waals surface area contributed by atoms with Gasteiger partial charge >= 0.3 is 0 Å². The first kappa shape index (κ1) is 28.9. The minimum absolute atomic E-state index is 0.00634. The van der Waals surface area contributed by atoms with Crippen molar-refractivity contribution in [3.8, 4) is 11.5 Å². The van der Waals surface area contributed by atoms with Gasteiger partial charge in [0.2, 0.25) is 15.9 Å². The van der Waals surface area contributed by atoms with Gasteiger partial charge in [-0.15, -0.1) is 0 Å². The summed E-state index contributed by atoms with van der Waals surface area (Å²) in [5.74, 6) is -0.0407. The summed E-state index contributed by atoms with van der Waals surface area (Å²) < 4.78 is 39.2. The number of carbonyl (C=O) groups excluding carboxylic acids is 2. The number of hydrogen-bond donors (Lipinski definition) is 1. The van der Waals surface area contributed by atoms with E-state index in [4.69, 9.17) is 21.1 Å². The number of carbonyl (C=O) groups is 2. The van der Waals surface area contributed by atoms with Gasteiger partial charge in [-0.2, -0.15) is 4.31 Å². The number of methoxy groups -OCH3 is 1. The highest BCUT2D eigenvalue weighted by Gasteiger charge is 2.35. The highest BCUT2D eigenvalue weighted by Crippen LogP contribution is 2.34. The number of amides is 2. The number of anilines is 2. The van der Waals surface area contributed by atoms with Gasteiger partial charge in [0.1, 0.15) is 16.4 Å². The lowest BCUT2D eigenvalue weighted by Crippen LogP contribution is -2.43. The van der Waals surface area contributed by atoms with Crippen LogP contribution >= 0.6 is 11.6 Å². The number of benzene rings is 3. The number of fused-ring (bicyclic) bond motifs is 1. The summed E-state index contributed by atoms with van der Waals surface area (Å²) in [7, 11) is -2.37.